The highest BCUT2D eigenvalue weighted by atomic mass is 32.1. The van der Waals surface area contributed by atoms with Gasteiger partial charge < -0.3 is 9.80 Å². The van der Waals surface area contributed by atoms with E-state index in [0.29, 0.717) is 12.5 Å². The van der Waals surface area contributed by atoms with Crippen LogP contribution in [0.2, 0.25) is 0 Å². The van der Waals surface area contributed by atoms with Gasteiger partial charge in [-0.2, -0.15) is 0 Å². The Bertz CT molecular complexity index is 470. The third-order valence-electron chi connectivity index (χ3n) is 4.04. The number of likely N-dealkylation sites (N-methyl/N-ethyl adjacent to an activating group) is 1. The summed E-state index contributed by atoms with van der Waals surface area (Å²) in [6, 6.07) is 0.491. The number of carbonyl (C=O) groups excluding carboxylic acids is 1. The molecule has 1 atom stereocenters. The first-order chi connectivity index (χ1) is 9.47. The Balaban J connectivity index is 2.02. The van der Waals surface area contributed by atoms with Gasteiger partial charge >= 0.3 is 0 Å². The molecule has 1 unspecified atom stereocenters. The van der Waals surface area contributed by atoms with E-state index in [1.54, 1.807) is 11.3 Å². The average Bonchev–Trinajstić information content (AvgIpc) is 2.60. The summed E-state index contributed by atoms with van der Waals surface area (Å²) in [5, 5.41) is 1.05. The lowest BCUT2D eigenvalue weighted by molar-refractivity contribution is -0.130. The van der Waals surface area contributed by atoms with Gasteiger partial charge in [0.1, 0.15) is 0 Å². The Morgan fingerprint density at radius 1 is 1.40 bits per heavy atom. The van der Waals surface area contributed by atoms with Crippen LogP contribution < -0.4 is 0 Å². The quantitative estimate of drug-likeness (QED) is 0.858. The summed E-state index contributed by atoms with van der Waals surface area (Å²) in [6.07, 6.45) is 4.04. The molecule has 2 rings (SSSR count). The highest BCUT2D eigenvalue weighted by molar-refractivity contribution is 7.11. The van der Waals surface area contributed by atoms with Crippen LogP contribution in [-0.4, -0.2) is 53.9 Å². The van der Waals surface area contributed by atoms with E-state index in [4.69, 9.17) is 0 Å². The maximum atomic E-state index is 12.5. The number of hydrogen-bond acceptors (Lipinski definition) is 4. The van der Waals surface area contributed by atoms with E-state index in [1.807, 2.05) is 18.7 Å². The Morgan fingerprint density at radius 2 is 2.15 bits per heavy atom. The van der Waals surface area contributed by atoms with Gasteiger partial charge in [0, 0.05) is 24.0 Å². The van der Waals surface area contributed by atoms with Crippen LogP contribution in [-0.2, 0) is 11.2 Å². The lowest BCUT2D eigenvalue weighted by Crippen LogP contribution is -2.42. The van der Waals surface area contributed by atoms with Crippen LogP contribution in [0.4, 0.5) is 0 Å². The molecule has 0 aliphatic carbocycles. The molecule has 1 fully saturated rings. The smallest absolute Gasteiger partial charge is 0.227 e. The Hall–Kier alpha value is -0.940. The number of likely N-dealkylation sites (tertiary alicyclic amines) is 1. The summed E-state index contributed by atoms with van der Waals surface area (Å²) >= 11 is 1.65. The summed E-state index contributed by atoms with van der Waals surface area (Å²) in [6.45, 7) is 5.76. The zero-order chi connectivity index (χ0) is 14.7. The molecule has 0 N–H and O–H groups in total. The molecule has 0 bridgehead atoms. The zero-order valence-corrected chi connectivity index (χ0v) is 13.8. The normalized spacial score (nSPS) is 20.2. The predicted molar refractivity (Wildman–Crippen MR) is 83.2 cm³/mol. The minimum atomic E-state index is 0.255. The number of aromatic nitrogens is 1. The zero-order valence-electron chi connectivity index (χ0n) is 13.0. The lowest BCUT2D eigenvalue weighted by Gasteiger charge is -2.28. The maximum Gasteiger partial charge on any atom is 0.227 e. The molecule has 0 radical (unpaired) electrons. The standard InChI is InChI=1S/C15H25N3OS/c1-11-14(20-12(2)16-11)9-15(19)18-8-6-5-7-13(10-18)17(3)4/h13H,5-10H2,1-4H3. The molecule has 0 saturated carbocycles. The summed E-state index contributed by atoms with van der Waals surface area (Å²) in [4.78, 5) is 22.4. The fourth-order valence-electron chi connectivity index (χ4n) is 2.75. The van der Waals surface area contributed by atoms with E-state index in [9.17, 15) is 4.79 Å². The van der Waals surface area contributed by atoms with Gasteiger partial charge in [-0.05, 0) is 40.8 Å². The maximum absolute atomic E-state index is 12.5. The van der Waals surface area contributed by atoms with E-state index < -0.39 is 0 Å². The van der Waals surface area contributed by atoms with Gasteiger partial charge in [-0.25, -0.2) is 4.98 Å². The largest absolute Gasteiger partial charge is 0.341 e. The molecule has 1 aromatic rings. The predicted octanol–water partition coefficient (Wildman–Crippen LogP) is 2.25. The first-order valence-electron chi connectivity index (χ1n) is 7.34. The highest BCUT2D eigenvalue weighted by Gasteiger charge is 2.24. The molecule has 1 saturated heterocycles. The highest BCUT2D eigenvalue weighted by Crippen LogP contribution is 2.20. The Morgan fingerprint density at radius 3 is 2.75 bits per heavy atom. The molecular weight excluding hydrogens is 270 g/mol. The fraction of sp³-hybridized carbons (Fsp3) is 0.733. The van der Waals surface area contributed by atoms with Crippen molar-refractivity contribution in [1.82, 2.24) is 14.8 Å². The summed E-state index contributed by atoms with van der Waals surface area (Å²) in [5.74, 6) is 0.255. The van der Waals surface area contributed by atoms with Gasteiger partial charge in [0.05, 0.1) is 17.1 Å². The van der Waals surface area contributed by atoms with Crippen LogP contribution in [0.25, 0.3) is 0 Å². The molecular formula is C15H25N3OS. The number of rotatable bonds is 3. The van der Waals surface area contributed by atoms with Crippen LogP contribution in [0.15, 0.2) is 0 Å². The van der Waals surface area contributed by atoms with E-state index in [-0.39, 0.29) is 5.91 Å². The van der Waals surface area contributed by atoms with Crippen molar-refractivity contribution in [3.63, 3.8) is 0 Å². The van der Waals surface area contributed by atoms with Crippen molar-refractivity contribution in [3.8, 4) is 0 Å². The Labute approximate surface area is 125 Å². The summed E-state index contributed by atoms with van der Waals surface area (Å²) in [5.41, 5.74) is 1.01. The number of amides is 1. The van der Waals surface area contributed by atoms with Gasteiger partial charge in [-0.3, -0.25) is 4.79 Å². The topological polar surface area (TPSA) is 36.4 Å². The van der Waals surface area contributed by atoms with Crippen LogP contribution in [0.3, 0.4) is 0 Å². The average molecular weight is 295 g/mol. The number of thiazole rings is 1. The second-order valence-corrected chi connectivity index (χ2v) is 7.16. The van der Waals surface area contributed by atoms with Gasteiger partial charge in [-0.15, -0.1) is 11.3 Å². The van der Waals surface area contributed by atoms with Crippen molar-refractivity contribution in [2.45, 2.75) is 45.6 Å². The van der Waals surface area contributed by atoms with Gasteiger partial charge in [0.15, 0.2) is 0 Å². The van der Waals surface area contributed by atoms with Crippen molar-refractivity contribution >= 4 is 17.2 Å². The van der Waals surface area contributed by atoms with E-state index >= 15 is 0 Å². The molecule has 1 aliphatic rings. The Kier molecular flexibility index (Phi) is 5.16. The molecule has 1 aliphatic heterocycles. The van der Waals surface area contributed by atoms with E-state index in [1.165, 1.54) is 12.8 Å². The third-order valence-corrected chi connectivity index (χ3v) is 5.11. The summed E-state index contributed by atoms with van der Waals surface area (Å²) < 4.78 is 0. The molecule has 112 valence electrons. The van der Waals surface area contributed by atoms with Crippen molar-refractivity contribution in [1.29, 1.82) is 0 Å². The van der Waals surface area contributed by atoms with Gasteiger partial charge in [0.25, 0.3) is 0 Å². The second kappa shape index (κ2) is 6.68. The lowest BCUT2D eigenvalue weighted by atomic mass is 10.1. The number of nitrogens with zero attached hydrogens (tertiary/aromatic N) is 3. The van der Waals surface area contributed by atoms with Crippen molar-refractivity contribution in [2.75, 3.05) is 27.2 Å². The number of carbonyl (C=O) groups is 1. The fourth-order valence-corrected chi connectivity index (χ4v) is 3.68. The molecule has 5 heteroatoms. The molecule has 1 aromatic heterocycles. The monoisotopic (exact) mass is 295 g/mol. The first kappa shape index (κ1) is 15.4. The molecule has 0 aromatic carbocycles. The van der Waals surface area contributed by atoms with E-state index in [2.05, 4.69) is 24.0 Å². The molecule has 4 nitrogen and oxygen atoms in total. The molecule has 1 amide bonds. The molecule has 2 heterocycles. The van der Waals surface area contributed by atoms with Crippen LogP contribution in [0.5, 0.6) is 0 Å². The number of hydrogen-bond donors (Lipinski definition) is 0. The number of aryl methyl sites for hydroxylation is 2. The van der Waals surface area contributed by atoms with Crippen molar-refractivity contribution in [3.05, 3.63) is 15.6 Å². The first-order valence-corrected chi connectivity index (χ1v) is 8.16. The van der Waals surface area contributed by atoms with Gasteiger partial charge in [0.2, 0.25) is 5.91 Å². The third kappa shape index (κ3) is 3.79. The van der Waals surface area contributed by atoms with Crippen molar-refractivity contribution in [2.24, 2.45) is 0 Å². The van der Waals surface area contributed by atoms with Crippen LogP contribution >= 0.6 is 11.3 Å². The second-order valence-electron chi connectivity index (χ2n) is 5.87. The van der Waals surface area contributed by atoms with Crippen LogP contribution in [0, 0.1) is 13.8 Å². The molecule has 0 spiro atoms. The molecule has 20 heavy (non-hydrogen) atoms. The summed E-state index contributed by atoms with van der Waals surface area (Å²) in [7, 11) is 4.21. The SMILES string of the molecule is Cc1nc(C)c(CC(=O)N2CCCCC(N(C)C)C2)s1. The minimum Gasteiger partial charge on any atom is -0.341 e. The van der Waals surface area contributed by atoms with Crippen molar-refractivity contribution < 1.29 is 4.79 Å². The van der Waals surface area contributed by atoms with E-state index in [0.717, 1.165) is 35.1 Å². The van der Waals surface area contributed by atoms with Crippen LogP contribution in [0.1, 0.15) is 34.8 Å². The van der Waals surface area contributed by atoms with Gasteiger partial charge in [-0.1, -0.05) is 6.42 Å². The minimum absolute atomic E-state index is 0.255.